The summed E-state index contributed by atoms with van der Waals surface area (Å²) in [6, 6.07) is 8.29. The first-order valence-electron chi connectivity index (χ1n) is 7.89. The summed E-state index contributed by atoms with van der Waals surface area (Å²) in [7, 11) is 1.69. The molecule has 1 fully saturated rings. The molecule has 1 saturated carbocycles. The second-order valence-corrected chi connectivity index (χ2v) is 6.16. The van der Waals surface area contributed by atoms with Crippen molar-refractivity contribution in [3.8, 4) is 5.75 Å². The number of carbonyl (C=O) groups excluding carboxylic acids is 1. The quantitative estimate of drug-likeness (QED) is 0.872. The lowest BCUT2D eigenvalue weighted by molar-refractivity contribution is -0.148. The lowest BCUT2D eigenvalue weighted by atomic mass is 9.62. The highest BCUT2D eigenvalue weighted by atomic mass is 16.5. The number of fused-ring (bicyclic) bond motifs is 1. The summed E-state index contributed by atoms with van der Waals surface area (Å²) in [5.41, 5.74) is 2.63. The van der Waals surface area contributed by atoms with E-state index in [9.17, 15) is 4.79 Å². The number of hydrogen-bond donors (Lipinski definition) is 1. The average Bonchev–Trinajstić information content (AvgIpc) is 2.54. The molecule has 2 aliphatic rings. The number of carbonyl (C=O) groups is 1. The van der Waals surface area contributed by atoms with Gasteiger partial charge in [0, 0.05) is 18.9 Å². The molecule has 3 rings (SSSR count). The lowest BCUT2D eigenvalue weighted by Crippen LogP contribution is -2.44. The second kappa shape index (κ2) is 6.03. The minimum atomic E-state index is -0.188. The van der Waals surface area contributed by atoms with Crippen molar-refractivity contribution in [1.29, 1.82) is 0 Å². The Hall–Kier alpha value is -1.97. The van der Waals surface area contributed by atoms with Crippen molar-refractivity contribution < 1.29 is 14.3 Å². The van der Waals surface area contributed by atoms with Crippen LogP contribution in [0.3, 0.4) is 0 Å². The molecule has 2 unspecified atom stereocenters. The van der Waals surface area contributed by atoms with Gasteiger partial charge in [-0.1, -0.05) is 12.1 Å². The van der Waals surface area contributed by atoms with E-state index in [2.05, 4.69) is 23.6 Å². The molecule has 118 valence electrons. The van der Waals surface area contributed by atoms with Gasteiger partial charge in [-0.15, -0.1) is 0 Å². The predicted octanol–water partition coefficient (Wildman–Crippen LogP) is 2.93. The van der Waals surface area contributed by atoms with E-state index in [1.807, 2.05) is 12.1 Å². The largest absolute Gasteiger partial charge is 0.497 e. The first kappa shape index (κ1) is 14.9. The average molecular weight is 301 g/mol. The summed E-state index contributed by atoms with van der Waals surface area (Å²) in [5.74, 6) is 0.687. The molecule has 22 heavy (non-hydrogen) atoms. The Balaban J connectivity index is 1.98. The van der Waals surface area contributed by atoms with E-state index in [0.29, 0.717) is 0 Å². The van der Waals surface area contributed by atoms with Crippen molar-refractivity contribution >= 4 is 5.97 Å². The van der Waals surface area contributed by atoms with Crippen LogP contribution in [0.1, 0.15) is 38.2 Å². The fraction of sp³-hybridized carbons (Fsp3) is 0.500. The zero-order valence-corrected chi connectivity index (χ0v) is 13.2. The number of allylic oxidation sites excluding steroid dienone is 1. The number of hydrogen-bond acceptors (Lipinski definition) is 4. The third-order valence-electron chi connectivity index (χ3n) is 4.85. The summed E-state index contributed by atoms with van der Waals surface area (Å²) >= 11 is 0. The molecule has 4 heteroatoms. The third-order valence-corrected chi connectivity index (χ3v) is 4.85. The van der Waals surface area contributed by atoms with Gasteiger partial charge in [-0.3, -0.25) is 4.79 Å². The number of benzene rings is 1. The molecule has 1 aliphatic carbocycles. The van der Waals surface area contributed by atoms with Crippen LogP contribution in [0.25, 0.3) is 0 Å². The van der Waals surface area contributed by atoms with Crippen LogP contribution < -0.4 is 10.1 Å². The number of nitrogens with one attached hydrogen (secondary N) is 1. The Morgan fingerprint density at radius 3 is 3.05 bits per heavy atom. The van der Waals surface area contributed by atoms with Gasteiger partial charge in [-0.25, -0.2) is 0 Å². The molecule has 2 atom stereocenters. The van der Waals surface area contributed by atoms with Crippen LogP contribution in [0.2, 0.25) is 0 Å². The molecule has 1 aromatic rings. The highest BCUT2D eigenvalue weighted by Crippen LogP contribution is 2.48. The van der Waals surface area contributed by atoms with Crippen molar-refractivity contribution in [3.05, 3.63) is 41.6 Å². The SMILES string of the molecule is COc1cccc(C23CCNC=C2CCC(OC(C)=O)C3)c1. The Bertz CT molecular complexity index is 596. The van der Waals surface area contributed by atoms with Crippen molar-refractivity contribution in [3.63, 3.8) is 0 Å². The summed E-state index contributed by atoms with van der Waals surface area (Å²) < 4.78 is 10.9. The molecule has 0 aromatic heterocycles. The predicted molar refractivity (Wildman–Crippen MR) is 84.8 cm³/mol. The molecule has 4 nitrogen and oxygen atoms in total. The van der Waals surface area contributed by atoms with Gasteiger partial charge in [0.25, 0.3) is 0 Å². The van der Waals surface area contributed by atoms with Crippen LogP contribution in [-0.2, 0) is 14.9 Å². The fourth-order valence-corrected chi connectivity index (χ4v) is 3.84. The van der Waals surface area contributed by atoms with Gasteiger partial charge in [-0.2, -0.15) is 0 Å². The first-order valence-corrected chi connectivity index (χ1v) is 7.89. The van der Waals surface area contributed by atoms with Gasteiger partial charge in [-0.05, 0) is 55.2 Å². The van der Waals surface area contributed by atoms with Gasteiger partial charge < -0.3 is 14.8 Å². The Morgan fingerprint density at radius 1 is 1.41 bits per heavy atom. The Labute approximate surface area is 131 Å². The van der Waals surface area contributed by atoms with Crippen LogP contribution in [-0.4, -0.2) is 25.7 Å². The Kier molecular flexibility index (Phi) is 4.10. The van der Waals surface area contributed by atoms with Gasteiger partial charge in [0.1, 0.15) is 11.9 Å². The molecule has 1 heterocycles. The highest BCUT2D eigenvalue weighted by Gasteiger charge is 2.43. The van der Waals surface area contributed by atoms with Crippen molar-refractivity contribution in [2.24, 2.45) is 0 Å². The molecular weight excluding hydrogens is 278 g/mol. The van der Waals surface area contributed by atoms with E-state index in [1.165, 1.54) is 18.1 Å². The van der Waals surface area contributed by atoms with E-state index >= 15 is 0 Å². The zero-order valence-electron chi connectivity index (χ0n) is 13.2. The Morgan fingerprint density at radius 2 is 2.27 bits per heavy atom. The highest BCUT2D eigenvalue weighted by molar-refractivity contribution is 5.66. The minimum Gasteiger partial charge on any atom is -0.497 e. The maximum absolute atomic E-state index is 11.3. The molecule has 0 saturated heterocycles. The van der Waals surface area contributed by atoms with E-state index in [-0.39, 0.29) is 17.5 Å². The van der Waals surface area contributed by atoms with Crippen molar-refractivity contribution in [1.82, 2.24) is 5.32 Å². The van der Waals surface area contributed by atoms with Gasteiger partial charge in [0.05, 0.1) is 7.11 Å². The van der Waals surface area contributed by atoms with Crippen LogP contribution in [0, 0.1) is 0 Å². The van der Waals surface area contributed by atoms with Gasteiger partial charge >= 0.3 is 5.97 Å². The number of ether oxygens (including phenoxy) is 2. The normalized spacial score (nSPS) is 27.2. The summed E-state index contributed by atoms with van der Waals surface area (Å²) in [4.78, 5) is 11.3. The van der Waals surface area contributed by atoms with Gasteiger partial charge in [0.15, 0.2) is 0 Å². The summed E-state index contributed by atoms with van der Waals surface area (Å²) in [6.45, 7) is 2.43. The minimum absolute atomic E-state index is 0.000971. The van der Waals surface area contributed by atoms with Gasteiger partial charge in [0.2, 0.25) is 0 Å². The molecule has 1 aliphatic heterocycles. The topological polar surface area (TPSA) is 47.6 Å². The number of methoxy groups -OCH3 is 1. The second-order valence-electron chi connectivity index (χ2n) is 6.16. The molecule has 0 bridgehead atoms. The first-order chi connectivity index (χ1) is 10.6. The fourth-order valence-electron chi connectivity index (χ4n) is 3.84. The molecule has 1 N–H and O–H groups in total. The van der Waals surface area contributed by atoms with E-state index in [1.54, 1.807) is 7.11 Å². The monoisotopic (exact) mass is 301 g/mol. The van der Waals surface area contributed by atoms with Crippen LogP contribution in [0.4, 0.5) is 0 Å². The van der Waals surface area contributed by atoms with Crippen LogP contribution in [0.5, 0.6) is 5.75 Å². The third kappa shape index (κ3) is 2.70. The molecule has 1 aromatic carbocycles. The standard InChI is InChI=1S/C18H23NO3/c1-13(20)22-17-7-6-15-12-19-9-8-18(15,11-17)14-4-3-5-16(10-14)21-2/h3-5,10,12,17,19H,6-9,11H2,1-2H3. The number of rotatable bonds is 3. The molecule has 0 amide bonds. The van der Waals surface area contributed by atoms with Crippen molar-refractivity contribution in [2.75, 3.05) is 13.7 Å². The zero-order chi connectivity index (χ0) is 15.6. The summed E-state index contributed by atoms with van der Waals surface area (Å²) in [5, 5.41) is 3.36. The summed E-state index contributed by atoms with van der Waals surface area (Å²) in [6.07, 6.45) is 5.89. The van der Waals surface area contributed by atoms with Crippen molar-refractivity contribution in [2.45, 2.75) is 44.1 Å². The smallest absolute Gasteiger partial charge is 0.302 e. The molecule has 0 spiro atoms. The lowest BCUT2D eigenvalue weighted by Gasteiger charge is -2.45. The van der Waals surface area contributed by atoms with E-state index in [4.69, 9.17) is 9.47 Å². The molecular formula is C18H23NO3. The number of esters is 1. The molecule has 0 radical (unpaired) electrons. The van der Waals surface area contributed by atoms with E-state index < -0.39 is 0 Å². The van der Waals surface area contributed by atoms with E-state index in [0.717, 1.165) is 38.0 Å². The maximum atomic E-state index is 11.3. The maximum Gasteiger partial charge on any atom is 0.302 e. The van der Waals surface area contributed by atoms with Crippen LogP contribution >= 0.6 is 0 Å². The van der Waals surface area contributed by atoms with Crippen LogP contribution in [0.15, 0.2) is 36.0 Å².